The van der Waals surface area contributed by atoms with Crippen LogP contribution in [-0.4, -0.2) is 24.8 Å². The summed E-state index contributed by atoms with van der Waals surface area (Å²) >= 11 is 0. The summed E-state index contributed by atoms with van der Waals surface area (Å²) in [6.45, 7) is 3.71. The number of amides is 1. The number of Topliss-reactive ketones (excluding diaryl/α,β-unsaturated/α-hetero) is 1. The van der Waals surface area contributed by atoms with Crippen LogP contribution in [0.15, 0.2) is 54.6 Å². The molecule has 0 aromatic heterocycles. The van der Waals surface area contributed by atoms with E-state index in [-0.39, 0.29) is 11.7 Å². The first-order valence-corrected chi connectivity index (χ1v) is 7.87. The summed E-state index contributed by atoms with van der Waals surface area (Å²) in [5.41, 5.74) is 2.29. The summed E-state index contributed by atoms with van der Waals surface area (Å²) in [5.74, 6) is -0.0205. The molecule has 4 heteroatoms. The Hall–Kier alpha value is -2.46. The van der Waals surface area contributed by atoms with E-state index in [9.17, 15) is 9.59 Å². The van der Waals surface area contributed by atoms with Crippen LogP contribution in [0.4, 0.5) is 0 Å². The average Bonchev–Trinajstić information content (AvgIpc) is 2.61. The Morgan fingerprint density at radius 2 is 1.61 bits per heavy atom. The van der Waals surface area contributed by atoms with Crippen LogP contribution >= 0.6 is 0 Å². The molecule has 120 valence electrons. The SMILES string of the molecule is CCCNCC(=O)c1ccc(CNC(=O)c2ccccc2)cc1. The smallest absolute Gasteiger partial charge is 0.251 e. The van der Waals surface area contributed by atoms with Gasteiger partial charge in [-0.3, -0.25) is 9.59 Å². The highest BCUT2D eigenvalue weighted by molar-refractivity contribution is 5.97. The molecule has 0 unspecified atom stereocenters. The van der Waals surface area contributed by atoms with Crippen molar-refractivity contribution in [1.29, 1.82) is 0 Å². The van der Waals surface area contributed by atoms with Crippen molar-refractivity contribution in [2.45, 2.75) is 19.9 Å². The van der Waals surface area contributed by atoms with Crippen molar-refractivity contribution in [2.75, 3.05) is 13.1 Å². The molecule has 1 amide bonds. The highest BCUT2D eigenvalue weighted by atomic mass is 16.1. The van der Waals surface area contributed by atoms with Gasteiger partial charge in [0.15, 0.2) is 5.78 Å². The third-order valence-corrected chi connectivity index (χ3v) is 3.48. The molecule has 0 bridgehead atoms. The van der Waals surface area contributed by atoms with Crippen LogP contribution in [0, 0.1) is 0 Å². The van der Waals surface area contributed by atoms with E-state index in [1.165, 1.54) is 0 Å². The van der Waals surface area contributed by atoms with Crippen molar-refractivity contribution in [3.63, 3.8) is 0 Å². The molecule has 0 fully saturated rings. The van der Waals surface area contributed by atoms with E-state index in [1.54, 1.807) is 24.3 Å². The topological polar surface area (TPSA) is 58.2 Å². The molecule has 0 spiro atoms. The van der Waals surface area contributed by atoms with Crippen LogP contribution in [0.2, 0.25) is 0 Å². The van der Waals surface area contributed by atoms with E-state index in [0.29, 0.717) is 24.2 Å². The van der Waals surface area contributed by atoms with E-state index in [0.717, 1.165) is 18.5 Å². The number of hydrogen-bond donors (Lipinski definition) is 2. The van der Waals surface area contributed by atoms with Gasteiger partial charge in [0, 0.05) is 17.7 Å². The van der Waals surface area contributed by atoms with Gasteiger partial charge in [-0.05, 0) is 30.7 Å². The number of carbonyl (C=O) groups excluding carboxylic acids is 2. The van der Waals surface area contributed by atoms with Gasteiger partial charge in [-0.25, -0.2) is 0 Å². The zero-order chi connectivity index (χ0) is 16.5. The molecule has 0 atom stereocenters. The van der Waals surface area contributed by atoms with E-state index < -0.39 is 0 Å². The monoisotopic (exact) mass is 310 g/mol. The van der Waals surface area contributed by atoms with Crippen molar-refractivity contribution in [3.05, 3.63) is 71.3 Å². The predicted molar refractivity (Wildman–Crippen MR) is 91.5 cm³/mol. The highest BCUT2D eigenvalue weighted by Gasteiger charge is 2.06. The van der Waals surface area contributed by atoms with Crippen molar-refractivity contribution in [3.8, 4) is 0 Å². The van der Waals surface area contributed by atoms with E-state index in [1.807, 2.05) is 30.3 Å². The molecule has 2 N–H and O–H groups in total. The second-order valence-corrected chi connectivity index (χ2v) is 5.35. The third kappa shape index (κ3) is 5.34. The molecule has 0 aliphatic heterocycles. The zero-order valence-electron chi connectivity index (χ0n) is 13.3. The van der Waals surface area contributed by atoms with Crippen LogP contribution in [0.3, 0.4) is 0 Å². The lowest BCUT2D eigenvalue weighted by Crippen LogP contribution is -2.24. The van der Waals surface area contributed by atoms with Crippen molar-refractivity contribution in [1.82, 2.24) is 10.6 Å². The van der Waals surface area contributed by atoms with Gasteiger partial charge in [0.2, 0.25) is 0 Å². The number of rotatable bonds is 8. The minimum atomic E-state index is -0.102. The molecule has 0 aliphatic carbocycles. The minimum absolute atomic E-state index is 0.0818. The lowest BCUT2D eigenvalue weighted by molar-refractivity contribution is 0.0949. The second kappa shape index (κ2) is 8.86. The molecule has 0 heterocycles. The second-order valence-electron chi connectivity index (χ2n) is 5.35. The first-order valence-electron chi connectivity index (χ1n) is 7.87. The average molecular weight is 310 g/mol. The van der Waals surface area contributed by atoms with E-state index in [4.69, 9.17) is 0 Å². The lowest BCUT2D eigenvalue weighted by Gasteiger charge is -2.07. The molecule has 2 aromatic carbocycles. The summed E-state index contributed by atoms with van der Waals surface area (Å²) < 4.78 is 0. The molecule has 0 saturated carbocycles. The Labute approximate surface area is 136 Å². The highest BCUT2D eigenvalue weighted by Crippen LogP contribution is 2.06. The number of benzene rings is 2. The Bertz CT molecular complexity index is 636. The van der Waals surface area contributed by atoms with Gasteiger partial charge in [0.1, 0.15) is 0 Å². The van der Waals surface area contributed by atoms with Gasteiger partial charge < -0.3 is 10.6 Å². The Balaban J connectivity index is 1.85. The van der Waals surface area contributed by atoms with E-state index in [2.05, 4.69) is 17.6 Å². The molecule has 2 rings (SSSR count). The fourth-order valence-electron chi connectivity index (χ4n) is 2.16. The van der Waals surface area contributed by atoms with Gasteiger partial charge in [-0.1, -0.05) is 49.4 Å². The molecular weight excluding hydrogens is 288 g/mol. The van der Waals surface area contributed by atoms with Crippen LogP contribution in [-0.2, 0) is 6.54 Å². The largest absolute Gasteiger partial charge is 0.348 e. The summed E-state index contributed by atoms with van der Waals surface area (Å²) in [6, 6.07) is 16.5. The van der Waals surface area contributed by atoms with Crippen LogP contribution in [0.25, 0.3) is 0 Å². The van der Waals surface area contributed by atoms with Gasteiger partial charge in [0.25, 0.3) is 5.91 Å². The first kappa shape index (κ1) is 16.9. The number of nitrogens with one attached hydrogen (secondary N) is 2. The summed E-state index contributed by atoms with van der Waals surface area (Å²) in [5, 5.41) is 5.97. The third-order valence-electron chi connectivity index (χ3n) is 3.48. The lowest BCUT2D eigenvalue weighted by atomic mass is 10.1. The Morgan fingerprint density at radius 3 is 2.26 bits per heavy atom. The summed E-state index contributed by atoms with van der Waals surface area (Å²) in [7, 11) is 0. The fraction of sp³-hybridized carbons (Fsp3) is 0.263. The molecule has 2 aromatic rings. The standard InChI is InChI=1S/C19H22N2O2/c1-2-12-20-14-18(22)16-10-8-15(9-11-16)13-21-19(23)17-6-4-3-5-7-17/h3-11,20H,2,12-14H2,1H3,(H,21,23). The van der Waals surface area contributed by atoms with Gasteiger partial charge in [0.05, 0.1) is 6.54 Å². The molecule has 0 radical (unpaired) electrons. The van der Waals surface area contributed by atoms with Crippen molar-refractivity contribution in [2.24, 2.45) is 0 Å². The number of carbonyl (C=O) groups is 2. The quantitative estimate of drug-likeness (QED) is 0.582. The Kier molecular flexibility index (Phi) is 6.51. The van der Waals surface area contributed by atoms with E-state index >= 15 is 0 Å². The van der Waals surface area contributed by atoms with Gasteiger partial charge >= 0.3 is 0 Å². The maximum absolute atomic E-state index is 12.0. The number of ketones is 1. The zero-order valence-corrected chi connectivity index (χ0v) is 13.3. The van der Waals surface area contributed by atoms with Gasteiger partial charge in [-0.15, -0.1) is 0 Å². The molecule has 0 aliphatic rings. The molecule has 23 heavy (non-hydrogen) atoms. The van der Waals surface area contributed by atoms with Crippen LogP contribution < -0.4 is 10.6 Å². The van der Waals surface area contributed by atoms with Gasteiger partial charge in [-0.2, -0.15) is 0 Å². The summed E-state index contributed by atoms with van der Waals surface area (Å²) in [4.78, 5) is 23.9. The maximum Gasteiger partial charge on any atom is 0.251 e. The number of hydrogen-bond acceptors (Lipinski definition) is 3. The molecule has 4 nitrogen and oxygen atoms in total. The minimum Gasteiger partial charge on any atom is -0.348 e. The predicted octanol–water partition coefficient (Wildman–Crippen LogP) is 2.80. The normalized spacial score (nSPS) is 10.3. The van der Waals surface area contributed by atoms with Crippen LogP contribution in [0.1, 0.15) is 39.6 Å². The fourth-order valence-corrected chi connectivity index (χ4v) is 2.16. The molecular formula is C19H22N2O2. The maximum atomic E-state index is 12.0. The van der Waals surface area contributed by atoms with Crippen molar-refractivity contribution >= 4 is 11.7 Å². The first-order chi connectivity index (χ1) is 11.2. The summed E-state index contributed by atoms with van der Waals surface area (Å²) in [6.07, 6.45) is 1.01. The molecule has 0 saturated heterocycles. The Morgan fingerprint density at radius 1 is 0.913 bits per heavy atom. The van der Waals surface area contributed by atoms with Crippen molar-refractivity contribution < 1.29 is 9.59 Å². The van der Waals surface area contributed by atoms with Crippen LogP contribution in [0.5, 0.6) is 0 Å².